The molecule has 1 aliphatic heterocycles. The van der Waals surface area contributed by atoms with Crippen molar-refractivity contribution in [1.82, 2.24) is 10.6 Å². The van der Waals surface area contributed by atoms with Crippen LogP contribution in [-0.4, -0.2) is 66.7 Å². The number of benzene rings is 2. The highest BCUT2D eigenvalue weighted by Gasteiger charge is 2.38. The third-order valence-electron chi connectivity index (χ3n) is 5.86. The summed E-state index contributed by atoms with van der Waals surface area (Å²) in [6.07, 6.45) is 0.314. The SMILES string of the molecule is CCC(=O)N1CC(NC(=O)C(=O)c2ccccc2)C(=O)N(CC(=O)N[C@H](C=O)CC(C)=O)c2ccccc21. The summed E-state index contributed by atoms with van der Waals surface area (Å²) in [7, 11) is 0. The maximum atomic E-state index is 13.7. The van der Waals surface area contributed by atoms with E-state index in [1.165, 1.54) is 24.0 Å². The zero-order valence-corrected chi connectivity index (χ0v) is 21.0. The van der Waals surface area contributed by atoms with Crippen molar-refractivity contribution in [2.75, 3.05) is 22.9 Å². The van der Waals surface area contributed by atoms with Crippen LogP contribution in [0, 0.1) is 0 Å². The van der Waals surface area contributed by atoms with Gasteiger partial charge in [-0.05, 0) is 19.1 Å². The zero-order chi connectivity index (χ0) is 27.8. The molecule has 2 atom stereocenters. The average Bonchev–Trinajstić information content (AvgIpc) is 3.02. The molecule has 0 saturated heterocycles. The quantitative estimate of drug-likeness (QED) is 0.267. The molecule has 0 bridgehead atoms. The molecule has 11 nitrogen and oxygen atoms in total. The molecule has 198 valence electrons. The van der Waals surface area contributed by atoms with Crippen molar-refractivity contribution in [3.63, 3.8) is 0 Å². The van der Waals surface area contributed by atoms with Crippen molar-refractivity contribution in [2.24, 2.45) is 0 Å². The average molecular weight is 521 g/mol. The lowest BCUT2D eigenvalue weighted by atomic mass is 10.1. The first kappa shape index (κ1) is 27.9. The van der Waals surface area contributed by atoms with Crippen LogP contribution in [0.5, 0.6) is 0 Å². The molecule has 0 spiro atoms. The molecule has 2 aromatic rings. The maximum absolute atomic E-state index is 13.7. The summed E-state index contributed by atoms with van der Waals surface area (Å²) in [5.41, 5.74) is 0.689. The first-order chi connectivity index (χ1) is 18.2. The van der Waals surface area contributed by atoms with Gasteiger partial charge in [-0.15, -0.1) is 0 Å². The van der Waals surface area contributed by atoms with E-state index in [1.807, 2.05) is 0 Å². The highest BCUT2D eigenvalue weighted by Crippen LogP contribution is 2.33. The van der Waals surface area contributed by atoms with Crippen LogP contribution in [0.4, 0.5) is 11.4 Å². The number of rotatable bonds is 10. The molecule has 0 radical (unpaired) electrons. The van der Waals surface area contributed by atoms with Crippen molar-refractivity contribution in [3.8, 4) is 0 Å². The van der Waals surface area contributed by atoms with Crippen molar-refractivity contribution >= 4 is 52.9 Å². The summed E-state index contributed by atoms with van der Waals surface area (Å²) in [6, 6.07) is 11.8. The number of hydrogen-bond acceptors (Lipinski definition) is 7. The Bertz CT molecular complexity index is 1260. The Labute approximate surface area is 219 Å². The number of anilines is 2. The number of aldehydes is 1. The second kappa shape index (κ2) is 12.5. The Kier molecular flexibility index (Phi) is 9.20. The van der Waals surface area contributed by atoms with Gasteiger partial charge in [-0.3, -0.25) is 33.7 Å². The van der Waals surface area contributed by atoms with Crippen LogP contribution in [-0.2, 0) is 28.8 Å². The number of para-hydroxylation sites is 2. The molecule has 38 heavy (non-hydrogen) atoms. The van der Waals surface area contributed by atoms with Crippen molar-refractivity contribution in [1.29, 1.82) is 0 Å². The van der Waals surface area contributed by atoms with Gasteiger partial charge in [0.25, 0.3) is 11.8 Å². The van der Waals surface area contributed by atoms with Crippen molar-refractivity contribution in [2.45, 2.75) is 38.8 Å². The highest BCUT2D eigenvalue weighted by molar-refractivity contribution is 6.43. The normalized spacial score (nSPS) is 15.5. The zero-order valence-electron chi connectivity index (χ0n) is 21.0. The Hall–Kier alpha value is -4.67. The van der Waals surface area contributed by atoms with E-state index in [0.717, 1.165) is 4.90 Å². The largest absolute Gasteiger partial charge is 0.345 e. The molecular formula is C27H28N4O7. The lowest BCUT2D eigenvalue weighted by molar-refractivity contribution is -0.128. The van der Waals surface area contributed by atoms with Gasteiger partial charge in [0, 0.05) is 18.4 Å². The predicted molar refractivity (Wildman–Crippen MR) is 137 cm³/mol. The number of nitrogens with one attached hydrogen (secondary N) is 2. The Morgan fingerprint density at radius 1 is 1.00 bits per heavy atom. The van der Waals surface area contributed by atoms with Gasteiger partial charge in [0.05, 0.1) is 24.0 Å². The summed E-state index contributed by atoms with van der Waals surface area (Å²) < 4.78 is 0. The van der Waals surface area contributed by atoms with Crippen LogP contribution in [0.1, 0.15) is 37.0 Å². The third-order valence-corrected chi connectivity index (χ3v) is 5.86. The number of fused-ring (bicyclic) bond motifs is 1. The van der Waals surface area contributed by atoms with Crippen LogP contribution in [0.3, 0.4) is 0 Å². The Morgan fingerprint density at radius 2 is 1.63 bits per heavy atom. The molecule has 1 heterocycles. The van der Waals surface area contributed by atoms with Gasteiger partial charge < -0.3 is 20.3 Å². The molecule has 0 aromatic heterocycles. The summed E-state index contributed by atoms with van der Waals surface area (Å²) in [6.45, 7) is 2.09. The van der Waals surface area contributed by atoms with Gasteiger partial charge in [0.15, 0.2) is 0 Å². The van der Waals surface area contributed by atoms with E-state index in [-0.39, 0.29) is 42.3 Å². The van der Waals surface area contributed by atoms with Gasteiger partial charge in [0.2, 0.25) is 17.6 Å². The van der Waals surface area contributed by atoms with Gasteiger partial charge in [0.1, 0.15) is 24.7 Å². The van der Waals surface area contributed by atoms with E-state index in [1.54, 1.807) is 49.4 Å². The topological polar surface area (TPSA) is 150 Å². The Morgan fingerprint density at radius 3 is 2.24 bits per heavy atom. The number of carbonyl (C=O) groups is 7. The van der Waals surface area contributed by atoms with Gasteiger partial charge in [-0.2, -0.15) is 0 Å². The number of amides is 4. The number of carbonyl (C=O) groups excluding carboxylic acids is 7. The standard InChI is InChI=1S/C27H28N4O7/c1-3-24(35)30-14-20(29-26(37)25(36)18-9-5-4-6-10-18)27(38)31(22-12-8-7-11-21(22)30)15-23(34)28-19(16-32)13-17(2)33/h4-12,16,19-20H,3,13-15H2,1-2H3,(H,28,34)(H,29,37)/t19-,20?/m0/s1. The molecule has 2 N–H and O–H groups in total. The number of Topliss-reactive ketones (excluding diaryl/α,β-unsaturated/α-hetero) is 2. The number of hydrogen-bond donors (Lipinski definition) is 2. The summed E-state index contributed by atoms with van der Waals surface area (Å²) in [4.78, 5) is 90.0. The number of nitrogens with zero attached hydrogens (tertiary/aromatic N) is 2. The Balaban J connectivity index is 1.95. The smallest absolute Gasteiger partial charge is 0.293 e. The molecule has 2 aromatic carbocycles. The molecule has 0 saturated carbocycles. The fourth-order valence-corrected chi connectivity index (χ4v) is 4.07. The molecule has 0 fully saturated rings. The minimum Gasteiger partial charge on any atom is -0.345 e. The minimum absolute atomic E-state index is 0.0959. The molecular weight excluding hydrogens is 492 g/mol. The molecule has 1 unspecified atom stereocenters. The first-order valence-corrected chi connectivity index (χ1v) is 12.0. The van der Waals surface area contributed by atoms with Crippen LogP contribution in [0.25, 0.3) is 0 Å². The fraction of sp³-hybridized carbons (Fsp3) is 0.296. The summed E-state index contributed by atoms with van der Waals surface area (Å²) >= 11 is 0. The van der Waals surface area contributed by atoms with E-state index >= 15 is 0 Å². The van der Waals surface area contributed by atoms with E-state index < -0.39 is 42.1 Å². The molecule has 3 rings (SSSR count). The second-order valence-corrected chi connectivity index (χ2v) is 8.71. The minimum atomic E-state index is -1.36. The molecule has 4 amide bonds. The summed E-state index contributed by atoms with van der Waals surface area (Å²) in [5.74, 6) is -4.02. The maximum Gasteiger partial charge on any atom is 0.293 e. The molecule has 11 heteroatoms. The second-order valence-electron chi connectivity index (χ2n) is 8.71. The van der Waals surface area contributed by atoms with Crippen LogP contribution >= 0.6 is 0 Å². The lowest BCUT2D eigenvalue weighted by Gasteiger charge is -2.25. The van der Waals surface area contributed by atoms with Crippen LogP contribution in [0.15, 0.2) is 54.6 Å². The molecule has 0 aliphatic carbocycles. The van der Waals surface area contributed by atoms with Crippen molar-refractivity contribution in [3.05, 3.63) is 60.2 Å². The highest BCUT2D eigenvalue weighted by atomic mass is 16.2. The monoisotopic (exact) mass is 520 g/mol. The molecule has 1 aliphatic rings. The fourth-order valence-electron chi connectivity index (χ4n) is 4.07. The first-order valence-electron chi connectivity index (χ1n) is 12.0. The van der Waals surface area contributed by atoms with Gasteiger partial charge in [-0.1, -0.05) is 49.4 Å². The van der Waals surface area contributed by atoms with Gasteiger partial charge >= 0.3 is 0 Å². The summed E-state index contributed by atoms with van der Waals surface area (Å²) in [5, 5.41) is 4.84. The van der Waals surface area contributed by atoms with Gasteiger partial charge in [-0.25, -0.2) is 0 Å². The van der Waals surface area contributed by atoms with E-state index in [2.05, 4.69) is 10.6 Å². The van der Waals surface area contributed by atoms with Crippen LogP contribution < -0.4 is 20.4 Å². The lowest BCUT2D eigenvalue weighted by Crippen LogP contribution is -2.55. The number of ketones is 2. The van der Waals surface area contributed by atoms with E-state index in [0.29, 0.717) is 12.0 Å². The van der Waals surface area contributed by atoms with E-state index in [9.17, 15) is 33.6 Å². The third kappa shape index (κ3) is 6.55. The van der Waals surface area contributed by atoms with Crippen molar-refractivity contribution < 1.29 is 33.6 Å². The van der Waals surface area contributed by atoms with Crippen LogP contribution in [0.2, 0.25) is 0 Å². The predicted octanol–water partition coefficient (Wildman–Crippen LogP) is 0.807. The van der Waals surface area contributed by atoms with E-state index in [4.69, 9.17) is 0 Å².